The molecular formula is C19H21FN2O2. The SMILES string of the molecule is CC(C)(C)c1ccccc1NC(=O)CC(=O)Nc1ccc(F)cc1. The Kier molecular flexibility index (Phi) is 5.34. The van der Waals surface area contributed by atoms with Gasteiger partial charge in [-0.05, 0) is 41.3 Å². The molecule has 0 aliphatic carbocycles. The van der Waals surface area contributed by atoms with Gasteiger partial charge >= 0.3 is 0 Å². The van der Waals surface area contributed by atoms with Crippen LogP contribution in [0.15, 0.2) is 48.5 Å². The second-order valence-electron chi connectivity index (χ2n) is 6.58. The maximum Gasteiger partial charge on any atom is 0.233 e. The average molecular weight is 328 g/mol. The lowest BCUT2D eigenvalue weighted by molar-refractivity contribution is -0.123. The highest BCUT2D eigenvalue weighted by Gasteiger charge is 2.19. The van der Waals surface area contributed by atoms with Crippen LogP contribution in [0.3, 0.4) is 0 Å². The van der Waals surface area contributed by atoms with Crippen molar-refractivity contribution in [3.05, 3.63) is 59.9 Å². The summed E-state index contributed by atoms with van der Waals surface area (Å²) in [5, 5.41) is 5.35. The van der Waals surface area contributed by atoms with E-state index >= 15 is 0 Å². The highest BCUT2D eigenvalue weighted by molar-refractivity contribution is 6.08. The third-order valence-corrected chi connectivity index (χ3v) is 3.46. The van der Waals surface area contributed by atoms with Crippen LogP contribution >= 0.6 is 0 Å². The van der Waals surface area contributed by atoms with Crippen molar-refractivity contribution in [2.45, 2.75) is 32.6 Å². The quantitative estimate of drug-likeness (QED) is 0.831. The minimum absolute atomic E-state index is 0.125. The number of amides is 2. The van der Waals surface area contributed by atoms with E-state index in [9.17, 15) is 14.0 Å². The summed E-state index contributed by atoms with van der Waals surface area (Å²) >= 11 is 0. The first kappa shape index (κ1) is 17.7. The molecule has 2 aromatic rings. The van der Waals surface area contributed by atoms with Crippen LogP contribution in [0.2, 0.25) is 0 Å². The van der Waals surface area contributed by atoms with Crippen LogP contribution in [0.25, 0.3) is 0 Å². The highest BCUT2D eigenvalue weighted by Crippen LogP contribution is 2.29. The lowest BCUT2D eigenvalue weighted by Gasteiger charge is -2.22. The zero-order valence-electron chi connectivity index (χ0n) is 14.0. The summed E-state index contributed by atoms with van der Waals surface area (Å²) in [5.41, 5.74) is 2.02. The highest BCUT2D eigenvalue weighted by atomic mass is 19.1. The molecule has 126 valence electrons. The van der Waals surface area contributed by atoms with Crippen molar-refractivity contribution in [1.29, 1.82) is 0 Å². The normalized spacial score (nSPS) is 11.0. The Hall–Kier alpha value is -2.69. The van der Waals surface area contributed by atoms with Gasteiger partial charge in [-0.15, -0.1) is 0 Å². The van der Waals surface area contributed by atoms with Crippen LogP contribution in [-0.2, 0) is 15.0 Å². The van der Waals surface area contributed by atoms with Gasteiger partial charge < -0.3 is 10.6 Å². The van der Waals surface area contributed by atoms with Gasteiger partial charge in [0.1, 0.15) is 12.2 Å². The average Bonchev–Trinajstić information content (AvgIpc) is 2.49. The molecule has 2 N–H and O–H groups in total. The largest absolute Gasteiger partial charge is 0.326 e. The van der Waals surface area contributed by atoms with Crippen molar-refractivity contribution in [2.24, 2.45) is 0 Å². The molecule has 0 unspecified atom stereocenters. The minimum atomic E-state index is -0.452. The molecule has 2 amide bonds. The summed E-state index contributed by atoms with van der Waals surface area (Å²) in [6.07, 6.45) is -0.310. The predicted octanol–water partition coefficient (Wildman–Crippen LogP) is 4.09. The van der Waals surface area contributed by atoms with Gasteiger partial charge in [-0.3, -0.25) is 9.59 Å². The molecule has 0 spiro atoms. The molecule has 4 nitrogen and oxygen atoms in total. The van der Waals surface area contributed by atoms with E-state index in [1.807, 2.05) is 24.3 Å². The molecular weight excluding hydrogens is 307 g/mol. The van der Waals surface area contributed by atoms with Crippen molar-refractivity contribution < 1.29 is 14.0 Å². The first-order valence-corrected chi connectivity index (χ1v) is 7.70. The standard InChI is InChI=1S/C19H21FN2O2/c1-19(2,3)15-6-4-5-7-16(15)22-18(24)12-17(23)21-14-10-8-13(20)9-11-14/h4-11H,12H2,1-3H3,(H,21,23)(H,22,24). The van der Waals surface area contributed by atoms with E-state index in [1.54, 1.807) is 0 Å². The number of benzene rings is 2. The van der Waals surface area contributed by atoms with E-state index < -0.39 is 11.8 Å². The number of carbonyl (C=O) groups is 2. The zero-order valence-corrected chi connectivity index (χ0v) is 14.0. The second-order valence-corrected chi connectivity index (χ2v) is 6.58. The van der Waals surface area contributed by atoms with Crippen LogP contribution in [0, 0.1) is 5.82 Å². The van der Waals surface area contributed by atoms with E-state index in [-0.39, 0.29) is 17.7 Å². The van der Waals surface area contributed by atoms with E-state index in [1.165, 1.54) is 24.3 Å². The number of para-hydroxylation sites is 1. The maximum absolute atomic E-state index is 12.8. The molecule has 0 aromatic heterocycles. The van der Waals surface area contributed by atoms with Crippen LogP contribution < -0.4 is 10.6 Å². The number of hydrogen-bond acceptors (Lipinski definition) is 2. The fraction of sp³-hybridized carbons (Fsp3) is 0.263. The number of nitrogens with one attached hydrogen (secondary N) is 2. The van der Waals surface area contributed by atoms with Crippen molar-refractivity contribution >= 4 is 23.2 Å². The van der Waals surface area contributed by atoms with Crippen molar-refractivity contribution in [2.75, 3.05) is 10.6 Å². The Morgan fingerprint density at radius 3 is 2.12 bits per heavy atom. The first-order valence-electron chi connectivity index (χ1n) is 7.70. The van der Waals surface area contributed by atoms with Gasteiger partial charge in [0, 0.05) is 11.4 Å². The zero-order chi connectivity index (χ0) is 17.7. The minimum Gasteiger partial charge on any atom is -0.326 e. The number of anilines is 2. The van der Waals surface area contributed by atoms with E-state index in [4.69, 9.17) is 0 Å². The molecule has 0 atom stereocenters. The van der Waals surface area contributed by atoms with Gasteiger partial charge in [0.2, 0.25) is 11.8 Å². The topological polar surface area (TPSA) is 58.2 Å². The lowest BCUT2D eigenvalue weighted by Crippen LogP contribution is -2.23. The molecule has 2 rings (SSSR count). The van der Waals surface area contributed by atoms with E-state index in [2.05, 4.69) is 31.4 Å². The van der Waals surface area contributed by atoms with E-state index in [0.29, 0.717) is 11.4 Å². The number of halogens is 1. The van der Waals surface area contributed by atoms with Crippen molar-refractivity contribution in [3.8, 4) is 0 Å². The lowest BCUT2D eigenvalue weighted by atomic mass is 9.86. The Bertz CT molecular complexity index is 734. The first-order chi connectivity index (χ1) is 11.3. The Morgan fingerprint density at radius 1 is 0.917 bits per heavy atom. The predicted molar refractivity (Wildman–Crippen MR) is 93.4 cm³/mol. The molecule has 0 fully saturated rings. The van der Waals surface area contributed by atoms with Crippen LogP contribution in [0.4, 0.5) is 15.8 Å². The Balaban J connectivity index is 1.98. The van der Waals surface area contributed by atoms with Crippen molar-refractivity contribution in [3.63, 3.8) is 0 Å². The molecule has 0 aliphatic heterocycles. The summed E-state index contributed by atoms with van der Waals surface area (Å²) in [4.78, 5) is 24.0. The fourth-order valence-electron chi connectivity index (χ4n) is 2.32. The number of hydrogen-bond donors (Lipinski definition) is 2. The van der Waals surface area contributed by atoms with Gasteiger partial charge in [0.15, 0.2) is 0 Å². The second kappa shape index (κ2) is 7.25. The Morgan fingerprint density at radius 2 is 1.50 bits per heavy atom. The number of rotatable bonds is 4. The third-order valence-electron chi connectivity index (χ3n) is 3.46. The van der Waals surface area contributed by atoms with Gasteiger partial charge in [-0.25, -0.2) is 4.39 Å². The van der Waals surface area contributed by atoms with E-state index in [0.717, 1.165) is 5.56 Å². The van der Waals surface area contributed by atoms with Crippen LogP contribution in [-0.4, -0.2) is 11.8 Å². The molecule has 0 radical (unpaired) electrons. The molecule has 5 heteroatoms. The molecule has 0 bridgehead atoms. The van der Waals surface area contributed by atoms with Crippen LogP contribution in [0.1, 0.15) is 32.8 Å². The summed E-state index contributed by atoms with van der Waals surface area (Å²) in [7, 11) is 0. The molecule has 24 heavy (non-hydrogen) atoms. The molecule has 0 heterocycles. The van der Waals surface area contributed by atoms with Gasteiger partial charge in [0.05, 0.1) is 0 Å². The van der Waals surface area contributed by atoms with Gasteiger partial charge in [-0.2, -0.15) is 0 Å². The van der Waals surface area contributed by atoms with Gasteiger partial charge in [-0.1, -0.05) is 39.0 Å². The molecule has 0 saturated carbocycles. The summed E-state index contributed by atoms with van der Waals surface area (Å²) in [5.74, 6) is -1.23. The number of carbonyl (C=O) groups excluding carboxylic acids is 2. The summed E-state index contributed by atoms with van der Waals surface area (Å²) in [6, 6.07) is 12.9. The fourth-order valence-corrected chi connectivity index (χ4v) is 2.32. The molecule has 2 aromatic carbocycles. The van der Waals surface area contributed by atoms with Gasteiger partial charge in [0.25, 0.3) is 0 Å². The smallest absolute Gasteiger partial charge is 0.233 e. The monoisotopic (exact) mass is 328 g/mol. The third kappa shape index (κ3) is 4.91. The molecule has 0 saturated heterocycles. The van der Waals surface area contributed by atoms with Crippen LogP contribution in [0.5, 0.6) is 0 Å². The van der Waals surface area contributed by atoms with Crippen molar-refractivity contribution in [1.82, 2.24) is 0 Å². The maximum atomic E-state index is 12.8. The molecule has 0 aliphatic rings. The summed E-state index contributed by atoms with van der Waals surface area (Å²) in [6.45, 7) is 6.16. The Labute approximate surface area is 141 Å². The summed E-state index contributed by atoms with van der Waals surface area (Å²) < 4.78 is 12.8.